The first-order valence-corrected chi connectivity index (χ1v) is 7.11. The van der Waals surface area contributed by atoms with E-state index in [0.29, 0.717) is 10.9 Å². The number of carboxylic acid groups (broad SMARTS) is 1. The van der Waals surface area contributed by atoms with Crippen LogP contribution in [0.15, 0.2) is 40.4 Å². The van der Waals surface area contributed by atoms with Crippen molar-refractivity contribution in [2.45, 2.75) is 10.9 Å². The molecule has 0 aromatic carbocycles. The smallest absolute Gasteiger partial charge is 0.328 e. The number of aliphatic carboxylic acids is 1. The van der Waals surface area contributed by atoms with E-state index in [0.717, 1.165) is 15.8 Å². The van der Waals surface area contributed by atoms with Gasteiger partial charge in [0, 0.05) is 33.8 Å². The number of carbonyl (C=O) groups is 1. The van der Waals surface area contributed by atoms with Crippen LogP contribution >= 0.6 is 23.1 Å². The maximum atomic E-state index is 11.1. The molecule has 7 heteroatoms. The quantitative estimate of drug-likeness (QED) is 0.502. The summed E-state index contributed by atoms with van der Waals surface area (Å²) in [4.78, 5) is 30.1. The van der Waals surface area contributed by atoms with Gasteiger partial charge in [-0.25, -0.2) is 9.78 Å². The third kappa shape index (κ3) is 4.38. The first-order chi connectivity index (χ1) is 9.13. The average Bonchev–Trinajstić information content (AvgIpc) is 2.82. The van der Waals surface area contributed by atoms with Crippen molar-refractivity contribution in [2.24, 2.45) is 0 Å². The molecule has 5 nitrogen and oxygen atoms in total. The number of aromatic nitrogens is 2. The molecule has 2 N–H and O–H groups in total. The van der Waals surface area contributed by atoms with Crippen LogP contribution in [0.4, 0.5) is 0 Å². The maximum absolute atomic E-state index is 11.1. The van der Waals surface area contributed by atoms with Gasteiger partial charge in [-0.05, 0) is 18.2 Å². The zero-order valence-corrected chi connectivity index (χ0v) is 11.3. The number of nitrogens with one attached hydrogen (secondary N) is 1. The number of rotatable bonds is 5. The Labute approximate surface area is 117 Å². The normalized spacial score (nSPS) is 10.9. The minimum atomic E-state index is -0.963. The van der Waals surface area contributed by atoms with Crippen molar-refractivity contribution in [3.8, 4) is 0 Å². The SMILES string of the molecule is O=C(O)C=Cc1ccc(CSc2nccc(=O)[nH]2)s1. The van der Waals surface area contributed by atoms with Gasteiger partial charge in [0.1, 0.15) is 0 Å². The Kier molecular flexibility index (Phi) is 4.53. The highest BCUT2D eigenvalue weighted by Gasteiger charge is 2.01. The molecule has 0 bridgehead atoms. The van der Waals surface area contributed by atoms with E-state index in [-0.39, 0.29) is 5.56 Å². The van der Waals surface area contributed by atoms with Crippen molar-refractivity contribution >= 4 is 35.1 Å². The largest absolute Gasteiger partial charge is 0.478 e. The number of hydrogen-bond donors (Lipinski definition) is 2. The summed E-state index contributed by atoms with van der Waals surface area (Å²) in [6, 6.07) is 5.16. The summed E-state index contributed by atoms with van der Waals surface area (Å²) in [5, 5.41) is 9.10. The number of thiophene rings is 1. The minimum Gasteiger partial charge on any atom is -0.478 e. The fraction of sp³-hybridized carbons (Fsp3) is 0.0833. The molecule has 0 aliphatic carbocycles. The van der Waals surface area contributed by atoms with Crippen LogP contribution in [-0.4, -0.2) is 21.0 Å². The van der Waals surface area contributed by atoms with Crippen LogP contribution in [0.3, 0.4) is 0 Å². The van der Waals surface area contributed by atoms with Gasteiger partial charge in [-0.2, -0.15) is 0 Å². The molecule has 19 heavy (non-hydrogen) atoms. The second kappa shape index (κ2) is 6.35. The Morgan fingerprint density at radius 3 is 3.05 bits per heavy atom. The van der Waals surface area contributed by atoms with Gasteiger partial charge in [-0.3, -0.25) is 4.79 Å². The Morgan fingerprint density at radius 2 is 2.32 bits per heavy atom. The van der Waals surface area contributed by atoms with Gasteiger partial charge in [0.15, 0.2) is 5.16 Å². The van der Waals surface area contributed by atoms with E-state index in [1.807, 2.05) is 12.1 Å². The lowest BCUT2D eigenvalue weighted by molar-refractivity contribution is -0.131. The molecule has 2 aromatic heterocycles. The zero-order chi connectivity index (χ0) is 13.7. The fourth-order valence-corrected chi connectivity index (χ4v) is 3.09. The van der Waals surface area contributed by atoms with Crippen LogP contribution in [0.2, 0.25) is 0 Å². The number of hydrogen-bond acceptors (Lipinski definition) is 5. The molecule has 0 aliphatic rings. The standard InChI is InChI=1S/C12H10N2O3S2/c15-10-5-6-13-12(14-10)18-7-9-2-1-8(19-9)3-4-11(16)17/h1-6H,7H2,(H,16,17)(H,13,14,15). The molecule has 0 atom stereocenters. The van der Waals surface area contributed by atoms with E-state index in [1.54, 1.807) is 6.08 Å². The predicted molar refractivity (Wildman–Crippen MR) is 75.4 cm³/mol. The van der Waals surface area contributed by atoms with Crippen LogP contribution in [0, 0.1) is 0 Å². The van der Waals surface area contributed by atoms with Gasteiger partial charge in [-0.1, -0.05) is 11.8 Å². The number of nitrogens with zero attached hydrogens (tertiary/aromatic N) is 1. The van der Waals surface area contributed by atoms with Crippen molar-refractivity contribution in [1.82, 2.24) is 9.97 Å². The summed E-state index contributed by atoms with van der Waals surface area (Å²) in [6.45, 7) is 0. The molecule has 0 amide bonds. The number of carboxylic acids is 1. The molecule has 0 saturated carbocycles. The summed E-state index contributed by atoms with van der Waals surface area (Å²) in [5.74, 6) is -0.284. The lowest BCUT2D eigenvalue weighted by Crippen LogP contribution is -2.05. The highest BCUT2D eigenvalue weighted by molar-refractivity contribution is 7.98. The second-order valence-corrected chi connectivity index (χ2v) is 5.67. The maximum Gasteiger partial charge on any atom is 0.328 e. The third-order valence-corrected chi connectivity index (χ3v) is 4.24. The predicted octanol–water partition coefficient (Wildman–Crippen LogP) is 2.22. The van der Waals surface area contributed by atoms with Gasteiger partial charge in [0.25, 0.3) is 5.56 Å². The summed E-state index contributed by atoms with van der Waals surface area (Å²) in [6.07, 6.45) is 4.14. The monoisotopic (exact) mass is 294 g/mol. The molecule has 2 aromatic rings. The van der Waals surface area contributed by atoms with Gasteiger partial charge in [-0.15, -0.1) is 11.3 Å². The minimum absolute atomic E-state index is 0.172. The Hall–Kier alpha value is -1.86. The van der Waals surface area contributed by atoms with Crippen LogP contribution < -0.4 is 5.56 Å². The van der Waals surface area contributed by atoms with Gasteiger partial charge in [0.05, 0.1) is 0 Å². The van der Waals surface area contributed by atoms with Crippen LogP contribution in [-0.2, 0) is 10.5 Å². The summed E-state index contributed by atoms with van der Waals surface area (Å²) in [7, 11) is 0. The second-order valence-electron chi connectivity index (χ2n) is 3.50. The molecule has 2 heterocycles. The van der Waals surface area contributed by atoms with Gasteiger partial charge in [0.2, 0.25) is 0 Å². The topological polar surface area (TPSA) is 83.0 Å². The molecule has 0 fully saturated rings. The molecule has 0 unspecified atom stereocenters. The number of aromatic amines is 1. The van der Waals surface area contributed by atoms with E-state index in [2.05, 4.69) is 9.97 Å². The highest BCUT2D eigenvalue weighted by Crippen LogP contribution is 2.24. The highest BCUT2D eigenvalue weighted by atomic mass is 32.2. The Balaban J connectivity index is 1.97. The fourth-order valence-electron chi connectivity index (χ4n) is 1.28. The van der Waals surface area contributed by atoms with Crippen LogP contribution in [0.1, 0.15) is 9.75 Å². The Morgan fingerprint density at radius 1 is 1.47 bits per heavy atom. The van der Waals surface area contributed by atoms with Crippen molar-refractivity contribution < 1.29 is 9.90 Å². The number of thioether (sulfide) groups is 1. The lowest BCUT2D eigenvalue weighted by Gasteiger charge is -1.97. The first-order valence-electron chi connectivity index (χ1n) is 5.31. The molecule has 0 radical (unpaired) electrons. The summed E-state index contributed by atoms with van der Waals surface area (Å²) >= 11 is 2.94. The zero-order valence-electron chi connectivity index (χ0n) is 9.70. The van der Waals surface area contributed by atoms with E-state index in [9.17, 15) is 9.59 Å². The molecule has 2 rings (SSSR count). The van der Waals surface area contributed by atoms with Crippen molar-refractivity contribution in [2.75, 3.05) is 0 Å². The molecule has 0 spiro atoms. The molecule has 0 saturated heterocycles. The van der Waals surface area contributed by atoms with Crippen molar-refractivity contribution in [3.05, 3.63) is 50.6 Å². The van der Waals surface area contributed by atoms with Crippen molar-refractivity contribution in [1.29, 1.82) is 0 Å². The van der Waals surface area contributed by atoms with Crippen LogP contribution in [0.5, 0.6) is 0 Å². The molecular formula is C12H10N2O3S2. The average molecular weight is 294 g/mol. The van der Waals surface area contributed by atoms with Gasteiger partial charge < -0.3 is 10.1 Å². The third-order valence-electron chi connectivity index (χ3n) is 2.07. The first kappa shape index (κ1) is 13.6. The van der Waals surface area contributed by atoms with E-state index >= 15 is 0 Å². The van der Waals surface area contributed by atoms with Crippen LogP contribution in [0.25, 0.3) is 6.08 Å². The summed E-state index contributed by atoms with van der Waals surface area (Å²) in [5.41, 5.74) is -0.172. The summed E-state index contributed by atoms with van der Waals surface area (Å²) < 4.78 is 0. The lowest BCUT2D eigenvalue weighted by atomic mass is 10.4. The number of H-pyrrole nitrogens is 1. The van der Waals surface area contributed by atoms with E-state index in [4.69, 9.17) is 5.11 Å². The molecule has 98 valence electrons. The van der Waals surface area contributed by atoms with Crippen molar-refractivity contribution in [3.63, 3.8) is 0 Å². The van der Waals surface area contributed by atoms with E-state index in [1.165, 1.54) is 35.4 Å². The molecular weight excluding hydrogens is 284 g/mol. The van der Waals surface area contributed by atoms with E-state index < -0.39 is 5.97 Å². The van der Waals surface area contributed by atoms with Gasteiger partial charge >= 0.3 is 5.97 Å². The molecule has 0 aliphatic heterocycles. The Bertz CT molecular complexity index is 661.